The van der Waals surface area contributed by atoms with E-state index in [9.17, 15) is 0 Å². The van der Waals surface area contributed by atoms with Crippen LogP contribution in [-0.2, 0) is 6.54 Å². The average molecular weight is 183 g/mol. The fourth-order valence-corrected chi connectivity index (χ4v) is 1.67. The van der Waals surface area contributed by atoms with E-state index < -0.39 is 0 Å². The molecule has 1 aromatic heterocycles. The van der Waals surface area contributed by atoms with E-state index in [0.717, 1.165) is 23.2 Å². The minimum atomic E-state index is 0.672. The Morgan fingerprint density at radius 3 is 3.33 bits per heavy atom. The lowest BCUT2D eigenvalue weighted by Crippen LogP contribution is -2.17. The molecule has 0 amide bonds. The van der Waals surface area contributed by atoms with Gasteiger partial charge in [-0.2, -0.15) is 0 Å². The first kappa shape index (κ1) is 7.67. The summed E-state index contributed by atoms with van der Waals surface area (Å²) in [6.07, 6.45) is 1.64. The van der Waals surface area contributed by atoms with Crippen LogP contribution in [0.25, 0.3) is 0 Å². The summed E-state index contributed by atoms with van der Waals surface area (Å²) in [6, 6.07) is 1.84. The van der Waals surface area contributed by atoms with Crippen LogP contribution in [0.15, 0.2) is 21.8 Å². The number of aliphatic imine (C=N–C) groups is 1. The van der Waals surface area contributed by atoms with Gasteiger partial charge in [-0.3, -0.25) is 4.99 Å². The van der Waals surface area contributed by atoms with Crippen LogP contribution in [0.3, 0.4) is 0 Å². The molecule has 0 saturated carbocycles. The first-order valence-corrected chi connectivity index (χ1v) is 4.74. The quantitative estimate of drug-likeness (QED) is 0.739. The molecule has 0 atom stereocenters. The summed E-state index contributed by atoms with van der Waals surface area (Å²) in [4.78, 5) is 4.24. The summed E-state index contributed by atoms with van der Waals surface area (Å²) >= 11 is 1.74. The summed E-state index contributed by atoms with van der Waals surface area (Å²) < 4.78 is 4.92. The Morgan fingerprint density at radius 1 is 1.67 bits per heavy atom. The molecule has 12 heavy (non-hydrogen) atoms. The topological polar surface area (TPSA) is 50.4 Å². The van der Waals surface area contributed by atoms with Crippen LogP contribution in [-0.4, -0.2) is 22.6 Å². The fraction of sp³-hybridized carbons (Fsp3) is 0.429. The van der Waals surface area contributed by atoms with Crippen molar-refractivity contribution >= 4 is 16.9 Å². The molecule has 0 spiro atoms. The van der Waals surface area contributed by atoms with E-state index in [4.69, 9.17) is 4.52 Å². The van der Waals surface area contributed by atoms with Gasteiger partial charge in [-0.05, 0) is 0 Å². The van der Waals surface area contributed by atoms with Crippen molar-refractivity contribution in [3.05, 3.63) is 18.0 Å². The molecule has 1 aliphatic rings. The van der Waals surface area contributed by atoms with E-state index >= 15 is 0 Å². The first-order chi connectivity index (χ1) is 5.95. The summed E-state index contributed by atoms with van der Waals surface area (Å²) in [5.74, 6) is 1.92. The maximum absolute atomic E-state index is 4.92. The second kappa shape index (κ2) is 3.62. The van der Waals surface area contributed by atoms with Crippen LogP contribution < -0.4 is 5.32 Å². The summed E-state index contributed by atoms with van der Waals surface area (Å²) in [6.45, 7) is 1.59. The molecule has 0 bridgehead atoms. The minimum absolute atomic E-state index is 0.672. The van der Waals surface area contributed by atoms with E-state index in [1.54, 1.807) is 18.0 Å². The number of thioether (sulfide) groups is 1. The Morgan fingerprint density at radius 2 is 2.67 bits per heavy atom. The standard InChI is InChI=1S/C7H9N3OS/c1-2-10-11-6(1)5-9-7-8-3-4-12-7/h1-2H,3-5H2,(H,8,9). The molecule has 1 N–H and O–H groups in total. The van der Waals surface area contributed by atoms with Crippen molar-refractivity contribution < 1.29 is 4.52 Å². The smallest absolute Gasteiger partial charge is 0.157 e. The largest absolute Gasteiger partial charge is 0.360 e. The van der Waals surface area contributed by atoms with Crippen LogP contribution in [0.5, 0.6) is 0 Å². The predicted molar refractivity (Wildman–Crippen MR) is 48.1 cm³/mol. The van der Waals surface area contributed by atoms with Gasteiger partial charge >= 0.3 is 0 Å². The molecule has 0 unspecified atom stereocenters. The highest BCUT2D eigenvalue weighted by molar-refractivity contribution is 8.14. The molecule has 1 aliphatic heterocycles. The van der Waals surface area contributed by atoms with Crippen molar-refractivity contribution in [1.29, 1.82) is 0 Å². The zero-order valence-corrected chi connectivity index (χ0v) is 7.30. The highest BCUT2D eigenvalue weighted by Crippen LogP contribution is 2.09. The van der Waals surface area contributed by atoms with Gasteiger partial charge in [-0.25, -0.2) is 0 Å². The Balaban J connectivity index is 1.82. The Bertz CT molecular complexity index is 270. The number of amidine groups is 1. The van der Waals surface area contributed by atoms with Crippen molar-refractivity contribution in [3.63, 3.8) is 0 Å². The zero-order valence-electron chi connectivity index (χ0n) is 6.49. The molecular formula is C7H9N3OS. The first-order valence-electron chi connectivity index (χ1n) is 3.76. The highest BCUT2D eigenvalue weighted by atomic mass is 32.2. The van der Waals surface area contributed by atoms with E-state index in [-0.39, 0.29) is 0 Å². The molecule has 2 rings (SSSR count). The maximum Gasteiger partial charge on any atom is 0.157 e. The van der Waals surface area contributed by atoms with Gasteiger partial charge in [0, 0.05) is 11.8 Å². The number of nitrogens with zero attached hydrogens (tertiary/aromatic N) is 2. The molecular weight excluding hydrogens is 174 g/mol. The summed E-state index contributed by atoms with van der Waals surface area (Å²) in [5.41, 5.74) is 0. The molecule has 0 aromatic carbocycles. The lowest BCUT2D eigenvalue weighted by atomic mass is 10.5. The maximum atomic E-state index is 4.92. The number of nitrogens with one attached hydrogen (secondary N) is 1. The molecule has 1 aromatic rings. The Hall–Kier alpha value is -0.970. The third kappa shape index (κ3) is 1.79. The molecule has 2 heterocycles. The normalized spacial score (nSPS) is 16.2. The van der Waals surface area contributed by atoms with E-state index in [2.05, 4.69) is 15.5 Å². The summed E-state index contributed by atoms with van der Waals surface area (Å²) in [5, 5.41) is 7.77. The fourth-order valence-electron chi connectivity index (χ4n) is 0.938. The van der Waals surface area contributed by atoms with E-state index in [1.165, 1.54) is 0 Å². The van der Waals surface area contributed by atoms with Gasteiger partial charge in [0.15, 0.2) is 10.9 Å². The third-order valence-corrected chi connectivity index (χ3v) is 2.42. The van der Waals surface area contributed by atoms with Crippen molar-refractivity contribution in [2.45, 2.75) is 6.54 Å². The Kier molecular flexibility index (Phi) is 2.31. The second-order valence-corrected chi connectivity index (χ2v) is 3.45. The predicted octanol–water partition coefficient (Wildman–Crippen LogP) is 0.867. The van der Waals surface area contributed by atoms with Crippen molar-refractivity contribution in [1.82, 2.24) is 10.5 Å². The van der Waals surface area contributed by atoms with E-state index in [1.807, 2.05) is 6.07 Å². The van der Waals surface area contributed by atoms with Crippen LogP contribution in [0.4, 0.5) is 0 Å². The van der Waals surface area contributed by atoms with Crippen molar-refractivity contribution in [3.8, 4) is 0 Å². The van der Waals surface area contributed by atoms with Gasteiger partial charge < -0.3 is 9.84 Å². The van der Waals surface area contributed by atoms with Gasteiger partial charge in [0.05, 0.1) is 19.3 Å². The molecule has 5 heteroatoms. The van der Waals surface area contributed by atoms with Crippen molar-refractivity contribution in [2.75, 3.05) is 12.3 Å². The number of hydrogen-bond donors (Lipinski definition) is 1. The van der Waals surface area contributed by atoms with Crippen LogP contribution in [0, 0.1) is 0 Å². The molecule has 0 aliphatic carbocycles. The molecule has 64 valence electrons. The molecule has 4 nitrogen and oxygen atoms in total. The molecule has 0 saturated heterocycles. The van der Waals surface area contributed by atoms with Gasteiger partial charge in [0.2, 0.25) is 0 Å². The SMILES string of the molecule is c1cc(CNC2=NCCS2)on1. The van der Waals surface area contributed by atoms with Gasteiger partial charge in [0.1, 0.15) is 0 Å². The Labute approximate surface area is 74.4 Å². The highest BCUT2D eigenvalue weighted by Gasteiger charge is 2.06. The molecule has 0 radical (unpaired) electrons. The zero-order chi connectivity index (χ0) is 8.23. The van der Waals surface area contributed by atoms with Crippen molar-refractivity contribution in [2.24, 2.45) is 4.99 Å². The average Bonchev–Trinajstić information content (AvgIpc) is 2.74. The van der Waals surface area contributed by atoms with Crippen LogP contribution in [0.2, 0.25) is 0 Å². The van der Waals surface area contributed by atoms with Crippen LogP contribution in [0.1, 0.15) is 5.76 Å². The minimum Gasteiger partial charge on any atom is -0.360 e. The number of hydrogen-bond acceptors (Lipinski definition) is 5. The van der Waals surface area contributed by atoms with Gasteiger partial charge in [-0.1, -0.05) is 16.9 Å². The lowest BCUT2D eigenvalue weighted by Gasteiger charge is -1.99. The van der Waals surface area contributed by atoms with Crippen LogP contribution >= 0.6 is 11.8 Å². The van der Waals surface area contributed by atoms with Gasteiger partial charge in [0.25, 0.3) is 0 Å². The number of rotatable bonds is 2. The van der Waals surface area contributed by atoms with Gasteiger partial charge in [-0.15, -0.1) is 0 Å². The third-order valence-electron chi connectivity index (χ3n) is 1.49. The second-order valence-electron chi connectivity index (χ2n) is 2.37. The monoisotopic (exact) mass is 183 g/mol. The van der Waals surface area contributed by atoms with E-state index in [0.29, 0.717) is 6.54 Å². The lowest BCUT2D eigenvalue weighted by molar-refractivity contribution is 0.381. The summed E-state index contributed by atoms with van der Waals surface area (Å²) in [7, 11) is 0. The molecule has 0 fully saturated rings. The number of aromatic nitrogens is 1.